The maximum atomic E-state index is 5.66. The fourth-order valence-electron chi connectivity index (χ4n) is 2.61. The van der Waals surface area contributed by atoms with Crippen molar-refractivity contribution in [3.05, 3.63) is 53.9 Å². The first-order valence-electron chi connectivity index (χ1n) is 7.32. The molecule has 0 fully saturated rings. The Hall–Kier alpha value is -2.07. The first kappa shape index (κ1) is 13.9. The molecular weight excluding hydrogens is 264 g/mol. The monoisotopic (exact) mass is 284 g/mol. The third kappa shape index (κ3) is 3.34. The van der Waals surface area contributed by atoms with E-state index in [4.69, 9.17) is 9.47 Å². The molecule has 4 nitrogen and oxygen atoms in total. The Morgan fingerprint density at radius 3 is 2.62 bits per heavy atom. The number of aromatic nitrogens is 1. The number of pyridine rings is 1. The zero-order valence-electron chi connectivity index (χ0n) is 12.2. The van der Waals surface area contributed by atoms with Gasteiger partial charge in [0.1, 0.15) is 13.2 Å². The summed E-state index contributed by atoms with van der Waals surface area (Å²) in [6, 6.07) is 10.6. The fourth-order valence-corrected chi connectivity index (χ4v) is 2.61. The lowest BCUT2D eigenvalue weighted by molar-refractivity contribution is 0.171. The Morgan fingerprint density at radius 1 is 1.10 bits per heavy atom. The molecule has 0 bridgehead atoms. The van der Waals surface area contributed by atoms with Crippen LogP contribution in [0.5, 0.6) is 11.5 Å². The molecule has 0 amide bonds. The molecule has 1 N–H and O–H groups in total. The highest BCUT2D eigenvalue weighted by molar-refractivity contribution is 5.44. The molecule has 110 valence electrons. The van der Waals surface area contributed by atoms with E-state index < -0.39 is 0 Å². The van der Waals surface area contributed by atoms with Crippen LogP contribution >= 0.6 is 0 Å². The van der Waals surface area contributed by atoms with Crippen LogP contribution in [0, 0.1) is 0 Å². The van der Waals surface area contributed by atoms with Gasteiger partial charge in [0.2, 0.25) is 0 Å². The van der Waals surface area contributed by atoms with E-state index in [1.54, 1.807) is 0 Å². The summed E-state index contributed by atoms with van der Waals surface area (Å²) in [5.74, 6) is 1.69. The molecular formula is C17H20N2O2. The SMILES string of the molecule is CNC(CCc1ccncc1)c1ccc2c(c1)OCCO2. The standard InChI is InChI=1S/C17H20N2O2/c1-18-15(4-2-13-6-8-19-9-7-13)14-3-5-16-17(12-14)21-11-10-20-16/h3,5-9,12,15,18H,2,4,10-11H2,1H3. The Labute approximate surface area is 125 Å². The van der Waals surface area contributed by atoms with Crippen LogP contribution < -0.4 is 14.8 Å². The average molecular weight is 284 g/mol. The second kappa shape index (κ2) is 6.59. The summed E-state index contributed by atoms with van der Waals surface area (Å²) in [5.41, 5.74) is 2.54. The van der Waals surface area contributed by atoms with Crippen LogP contribution in [0.2, 0.25) is 0 Å². The van der Waals surface area contributed by atoms with Crippen molar-refractivity contribution in [2.45, 2.75) is 18.9 Å². The summed E-state index contributed by atoms with van der Waals surface area (Å²) >= 11 is 0. The molecule has 2 aromatic rings. The van der Waals surface area contributed by atoms with Gasteiger partial charge in [-0.25, -0.2) is 0 Å². The smallest absolute Gasteiger partial charge is 0.161 e. The Balaban J connectivity index is 1.71. The second-order valence-corrected chi connectivity index (χ2v) is 5.14. The van der Waals surface area contributed by atoms with Gasteiger partial charge in [0, 0.05) is 18.4 Å². The lowest BCUT2D eigenvalue weighted by Gasteiger charge is -2.22. The average Bonchev–Trinajstić information content (AvgIpc) is 2.56. The van der Waals surface area contributed by atoms with Crippen molar-refractivity contribution < 1.29 is 9.47 Å². The molecule has 0 saturated carbocycles. The van der Waals surface area contributed by atoms with Gasteiger partial charge in [0.05, 0.1) is 0 Å². The van der Waals surface area contributed by atoms with E-state index >= 15 is 0 Å². The molecule has 4 heteroatoms. The van der Waals surface area contributed by atoms with Crippen molar-refractivity contribution in [1.82, 2.24) is 10.3 Å². The number of nitrogens with one attached hydrogen (secondary N) is 1. The Morgan fingerprint density at radius 2 is 1.86 bits per heavy atom. The maximum absolute atomic E-state index is 5.66. The molecule has 3 rings (SSSR count). The summed E-state index contributed by atoms with van der Waals surface area (Å²) in [4.78, 5) is 4.05. The number of benzene rings is 1. The minimum Gasteiger partial charge on any atom is -0.486 e. The quantitative estimate of drug-likeness (QED) is 0.917. The van der Waals surface area contributed by atoms with Gasteiger partial charge in [0.15, 0.2) is 11.5 Å². The molecule has 1 aliphatic rings. The maximum Gasteiger partial charge on any atom is 0.161 e. The first-order valence-corrected chi connectivity index (χ1v) is 7.32. The second-order valence-electron chi connectivity index (χ2n) is 5.14. The Kier molecular flexibility index (Phi) is 4.36. The number of hydrogen-bond donors (Lipinski definition) is 1. The van der Waals surface area contributed by atoms with Crippen molar-refractivity contribution in [1.29, 1.82) is 0 Å². The minimum absolute atomic E-state index is 0.300. The predicted molar refractivity (Wildman–Crippen MR) is 81.8 cm³/mol. The van der Waals surface area contributed by atoms with E-state index in [1.165, 1.54) is 11.1 Å². The predicted octanol–water partition coefficient (Wildman–Crippen LogP) is 2.75. The highest BCUT2D eigenvalue weighted by atomic mass is 16.6. The lowest BCUT2D eigenvalue weighted by atomic mass is 9.99. The zero-order valence-corrected chi connectivity index (χ0v) is 12.2. The van der Waals surface area contributed by atoms with Crippen molar-refractivity contribution in [3.8, 4) is 11.5 Å². The molecule has 0 saturated heterocycles. The minimum atomic E-state index is 0.300. The Bertz CT molecular complexity index is 587. The molecule has 0 radical (unpaired) electrons. The number of fused-ring (bicyclic) bond motifs is 1. The summed E-state index contributed by atoms with van der Waals surface area (Å²) in [6.07, 6.45) is 5.73. The summed E-state index contributed by atoms with van der Waals surface area (Å²) in [5, 5.41) is 3.38. The van der Waals surface area contributed by atoms with Gasteiger partial charge in [-0.1, -0.05) is 6.07 Å². The summed E-state index contributed by atoms with van der Waals surface area (Å²) < 4.78 is 11.2. The highest BCUT2D eigenvalue weighted by Gasteiger charge is 2.16. The van der Waals surface area contributed by atoms with E-state index in [9.17, 15) is 0 Å². The molecule has 0 spiro atoms. The third-order valence-electron chi connectivity index (χ3n) is 3.79. The van der Waals surface area contributed by atoms with Gasteiger partial charge in [-0.05, 0) is 55.3 Å². The van der Waals surface area contributed by atoms with Crippen molar-refractivity contribution in [2.24, 2.45) is 0 Å². The lowest BCUT2D eigenvalue weighted by Crippen LogP contribution is -2.19. The van der Waals surface area contributed by atoms with Gasteiger partial charge in [-0.3, -0.25) is 4.98 Å². The normalized spacial score (nSPS) is 14.7. The van der Waals surface area contributed by atoms with Gasteiger partial charge in [0.25, 0.3) is 0 Å². The molecule has 1 unspecified atom stereocenters. The van der Waals surface area contributed by atoms with E-state index in [0.717, 1.165) is 24.3 Å². The number of hydrogen-bond acceptors (Lipinski definition) is 4. The number of aryl methyl sites for hydroxylation is 1. The molecule has 1 aliphatic heterocycles. The third-order valence-corrected chi connectivity index (χ3v) is 3.79. The van der Waals surface area contributed by atoms with Gasteiger partial charge < -0.3 is 14.8 Å². The van der Waals surface area contributed by atoms with Crippen LogP contribution in [0.25, 0.3) is 0 Å². The summed E-state index contributed by atoms with van der Waals surface area (Å²) in [6.45, 7) is 1.25. The van der Waals surface area contributed by atoms with Gasteiger partial charge in [-0.2, -0.15) is 0 Å². The molecule has 1 atom stereocenters. The van der Waals surface area contributed by atoms with Crippen LogP contribution in [0.4, 0.5) is 0 Å². The van der Waals surface area contributed by atoms with Gasteiger partial charge in [-0.15, -0.1) is 0 Å². The van der Waals surface area contributed by atoms with Crippen LogP contribution in [0.3, 0.4) is 0 Å². The molecule has 1 aromatic heterocycles. The topological polar surface area (TPSA) is 43.4 Å². The van der Waals surface area contributed by atoms with Crippen LogP contribution in [-0.4, -0.2) is 25.2 Å². The molecule has 2 heterocycles. The van der Waals surface area contributed by atoms with Gasteiger partial charge >= 0.3 is 0 Å². The van der Waals surface area contributed by atoms with E-state index in [-0.39, 0.29) is 0 Å². The van der Waals surface area contributed by atoms with Crippen LogP contribution in [0.15, 0.2) is 42.7 Å². The van der Waals surface area contributed by atoms with E-state index in [0.29, 0.717) is 19.3 Å². The van der Waals surface area contributed by atoms with Crippen LogP contribution in [0.1, 0.15) is 23.6 Å². The zero-order chi connectivity index (χ0) is 14.5. The largest absolute Gasteiger partial charge is 0.486 e. The highest BCUT2D eigenvalue weighted by Crippen LogP contribution is 2.33. The van der Waals surface area contributed by atoms with Crippen molar-refractivity contribution in [3.63, 3.8) is 0 Å². The fraction of sp³-hybridized carbons (Fsp3) is 0.353. The summed E-state index contributed by atoms with van der Waals surface area (Å²) in [7, 11) is 1.99. The van der Waals surface area contributed by atoms with Crippen molar-refractivity contribution >= 4 is 0 Å². The van der Waals surface area contributed by atoms with Crippen molar-refractivity contribution in [2.75, 3.05) is 20.3 Å². The number of rotatable bonds is 5. The van der Waals surface area contributed by atoms with Crippen LogP contribution in [-0.2, 0) is 6.42 Å². The van der Waals surface area contributed by atoms with E-state index in [2.05, 4.69) is 34.6 Å². The molecule has 1 aromatic carbocycles. The number of ether oxygens (including phenoxy) is 2. The number of nitrogens with zero attached hydrogens (tertiary/aromatic N) is 1. The first-order chi connectivity index (χ1) is 10.4. The van der Waals surface area contributed by atoms with E-state index in [1.807, 2.05) is 25.5 Å². The molecule has 0 aliphatic carbocycles. The molecule has 21 heavy (non-hydrogen) atoms.